The molecule has 0 N–H and O–H groups in total. The van der Waals surface area contributed by atoms with Crippen molar-refractivity contribution in [1.82, 2.24) is 0 Å². The van der Waals surface area contributed by atoms with Crippen LogP contribution in [-0.4, -0.2) is 0 Å². The zero-order valence-electron chi connectivity index (χ0n) is 8.06. The van der Waals surface area contributed by atoms with Gasteiger partial charge >= 0.3 is 0 Å². The third-order valence-electron chi connectivity index (χ3n) is 2.31. The summed E-state index contributed by atoms with van der Waals surface area (Å²) < 4.78 is 0. The monoisotopic (exact) mass is 152 g/mol. The second kappa shape index (κ2) is 6.24. The van der Waals surface area contributed by atoms with E-state index in [0.717, 1.165) is 5.92 Å². The summed E-state index contributed by atoms with van der Waals surface area (Å²) in [6.45, 7) is 10.3. The molecule has 0 saturated carbocycles. The average Bonchev–Trinajstić information content (AvgIpc) is 2.00. The maximum Gasteiger partial charge on any atom is -0.0158 e. The summed E-state index contributed by atoms with van der Waals surface area (Å²) in [5.41, 5.74) is 2.87. The Bertz CT molecular complexity index is 129. The number of rotatable bonds is 5. The summed E-state index contributed by atoms with van der Waals surface area (Å²) in [7, 11) is 0. The predicted octanol–water partition coefficient (Wildman–Crippen LogP) is 3.79. The van der Waals surface area contributed by atoms with Gasteiger partial charge in [0, 0.05) is 0 Å². The first-order chi connectivity index (χ1) is 5.26. The van der Waals surface area contributed by atoms with Crippen LogP contribution in [0, 0.1) is 11.8 Å². The van der Waals surface area contributed by atoms with Crippen LogP contribution >= 0.6 is 0 Å². The largest absolute Gasteiger partial charge is 0.133 e. The Hall–Kier alpha value is -0.480. The first-order valence-corrected chi connectivity index (χ1v) is 4.62. The fourth-order valence-corrected chi connectivity index (χ4v) is 1.53. The Morgan fingerprint density at radius 1 is 1.45 bits per heavy atom. The zero-order chi connectivity index (χ0) is 8.69. The van der Waals surface area contributed by atoms with E-state index in [2.05, 4.69) is 39.2 Å². The molecule has 0 aromatic rings. The molecule has 0 rings (SSSR count). The van der Waals surface area contributed by atoms with Gasteiger partial charge in [0.05, 0.1) is 0 Å². The summed E-state index contributed by atoms with van der Waals surface area (Å²) in [5, 5.41) is 0. The summed E-state index contributed by atoms with van der Waals surface area (Å²) in [4.78, 5) is 0. The lowest BCUT2D eigenvalue weighted by Crippen LogP contribution is -2.07. The smallest absolute Gasteiger partial charge is 0.0158 e. The third kappa shape index (κ3) is 4.06. The minimum Gasteiger partial charge on any atom is -0.133 e. The Kier molecular flexibility index (Phi) is 5.97. The summed E-state index contributed by atoms with van der Waals surface area (Å²) in [5.74, 6) is 1.48. The highest BCUT2D eigenvalue weighted by Gasteiger charge is 2.10. The van der Waals surface area contributed by atoms with Gasteiger partial charge in [-0.25, -0.2) is 0 Å². The van der Waals surface area contributed by atoms with Gasteiger partial charge in [-0.1, -0.05) is 46.6 Å². The molecular weight excluding hydrogens is 132 g/mol. The molecule has 0 aliphatic carbocycles. The van der Waals surface area contributed by atoms with Crippen LogP contribution in [0.15, 0.2) is 18.4 Å². The molecular formula is C11H20. The van der Waals surface area contributed by atoms with E-state index in [9.17, 15) is 0 Å². The van der Waals surface area contributed by atoms with E-state index in [4.69, 9.17) is 0 Å². The lowest BCUT2D eigenvalue weighted by Gasteiger charge is -2.17. The third-order valence-corrected chi connectivity index (χ3v) is 2.31. The van der Waals surface area contributed by atoms with E-state index in [1.165, 1.54) is 19.3 Å². The molecule has 0 saturated heterocycles. The fourth-order valence-electron chi connectivity index (χ4n) is 1.53. The number of hydrogen-bond donors (Lipinski definition) is 0. The van der Waals surface area contributed by atoms with Crippen molar-refractivity contribution in [2.24, 2.45) is 11.8 Å². The van der Waals surface area contributed by atoms with E-state index < -0.39 is 0 Å². The Morgan fingerprint density at radius 3 is 2.45 bits per heavy atom. The summed E-state index contributed by atoms with van der Waals surface area (Å²) in [6, 6.07) is 0. The van der Waals surface area contributed by atoms with Crippen LogP contribution in [0.5, 0.6) is 0 Å². The van der Waals surface area contributed by atoms with Crippen LogP contribution in [-0.2, 0) is 0 Å². The maximum atomic E-state index is 3.60. The minimum atomic E-state index is 0.650. The Balaban J connectivity index is 3.90. The molecule has 0 aliphatic heterocycles. The van der Waals surface area contributed by atoms with Crippen LogP contribution in [0.2, 0.25) is 0 Å². The van der Waals surface area contributed by atoms with Gasteiger partial charge in [-0.05, 0) is 17.9 Å². The van der Waals surface area contributed by atoms with Gasteiger partial charge in [-0.3, -0.25) is 0 Å². The molecule has 0 fully saturated rings. The minimum absolute atomic E-state index is 0.650. The van der Waals surface area contributed by atoms with Crippen molar-refractivity contribution >= 4 is 0 Å². The molecule has 0 heteroatoms. The van der Waals surface area contributed by atoms with Crippen molar-refractivity contribution in [3.05, 3.63) is 18.4 Å². The molecule has 64 valence electrons. The second-order valence-electron chi connectivity index (χ2n) is 3.19. The highest BCUT2D eigenvalue weighted by atomic mass is 14.2. The molecule has 0 aromatic heterocycles. The van der Waals surface area contributed by atoms with Crippen molar-refractivity contribution in [3.63, 3.8) is 0 Å². The SMILES string of the molecule is C=C=CC(C)C(CC)CCC. The van der Waals surface area contributed by atoms with Crippen LogP contribution in [0.25, 0.3) is 0 Å². The van der Waals surface area contributed by atoms with Crippen LogP contribution in [0.3, 0.4) is 0 Å². The van der Waals surface area contributed by atoms with Gasteiger partial charge in [-0.15, -0.1) is 5.73 Å². The molecule has 0 nitrogen and oxygen atoms in total. The van der Waals surface area contributed by atoms with Gasteiger partial charge in [-0.2, -0.15) is 0 Å². The Morgan fingerprint density at radius 2 is 2.09 bits per heavy atom. The van der Waals surface area contributed by atoms with Crippen molar-refractivity contribution in [1.29, 1.82) is 0 Å². The highest BCUT2D eigenvalue weighted by Crippen LogP contribution is 2.21. The summed E-state index contributed by atoms with van der Waals surface area (Å²) in [6.07, 6.45) is 5.97. The second-order valence-corrected chi connectivity index (χ2v) is 3.19. The molecule has 11 heavy (non-hydrogen) atoms. The number of allylic oxidation sites excluding steroid dienone is 1. The maximum absolute atomic E-state index is 3.60. The first kappa shape index (κ1) is 10.5. The van der Waals surface area contributed by atoms with Crippen LogP contribution in [0.4, 0.5) is 0 Å². The molecule has 0 heterocycles. The van der Waals surface area contributed by atoms with E-state index in [-0.39, 0.29) is 0 Å². The topological polar surface area (TPSA) is 0 Å². The fraction of sp³-hybridized carbons (Fsp3) is 0.727. The molecule has 0 spiro atoms. The average molecular weight is 152 g/mol. The van der Waals surface area contributed by atoms with E-state index in [1.54, 1.807) is 0 Å². The van der Waals surface area contributed by atoms with Gasteiger partial charge in [0.2, 0.25) is 0 Å². The first-order valence-electron chi connectivity index (χ1n) is 4.62. The zero-order valence-corrected chi connectivity index (χ0v) is 8.06. The molecule has 0 amide bonds. The summed E-state index contributed by atoms with van der Waals surface area (Å²) >= 11 is 0. The molecule has 0 bridgehead atoms. The van der Waals surface area contributed by atoms with Gasteiger partial charge in [0.15, 0.2) is 0 Å². The highest BCUT2D eigenvalue weighted by molar-refractivity contribution is 4.85. The van der Waals surface area contributed by atoms with E-state index in [1.807, 2.05) is 0 Å². The van der Waals surface area contributed by atoms with Crippen molar-refractivity contribution < 1.29 is 0 Å². The predicted molar refractivity (Wildman–Crippen MR) is 51.6 cm³/mol. The lowest BCUT2D eigenvalue weighted by molar-refractivity contribution is 0.376. The Labute approximate surface area is 71.0 Å². The molecule has 0 aliphatic rings. The van der Waals surface area contributed by atoms with Gasteiger partial charge < -0.3 is 0 Å². The van der Waals surface area contributed by atoms with Crippen molar-refractivity contribution in [2.45, 2.75) is 40.0 Å². The quantitative estimate of drug-likeness (QED) is 0.526. The van der Waals surface area contributed by atoms with Crippen molar-refractivity contribution in [3.8, 4) is 0 Å². The van der Waals surface area contributed by atoms with E-state index >= 15 is 0 Å². The number of hydrogen-bond acceptors (Lipinski definition) is 0. The molecule has 0 radical (unpaired) electrons. The molecule has 2 atom stereocenters. The van der Waals surface area contributed by atoms with Crippen molar-refractivity contribution in [2.75, 3.05) is 0 Å². The molecule has 2 unspecified atom stereocenters. The van der Waals surface area contributed by atoms with Gasteiger partial charge in [0.25, 0.3) is 0 Å². The normalized spacial score (nSPS) is 15.2. The van der Waals surface area contributed by atoms with Crippen LogP contribution < -0.4 is 0 Å². The van der Waals surface area contributed by atoms with Crippen LogP contribution in [0.1, 0.15) is 40.0 Å². The van der Waals surface area contributed by atoms with Gasteiger partial charge in [0.1, 0.15) is 0 Å². The molecule has 0 aromatic carbocycles. The lowest BCUT2D eigenvalue weighted by atomic mass is 9.88. The standard InChI is InChI=1S/C11H20/c1-5-8-10(4)11(7-3)9-6-2/h8,10-11H,1,6-7,9H2,2-4H3. The van der Waals surface area contributed by atoms with E-state index in [0.29, 0.717) is 5.92 Å².